The van der Waals surface area contributed by atoms with Crippen molar-refractivity contribution in [2.75, 3.05) is 6.54 Å². The fourth-order valence-corrected chi connectivity index (χ4v) is 3.58. The number of aryl methyl sites for hydroxylation is 1. The Balaban J connectivity index is 2.04. The predicted octanol–water partition coefficient (Wildman–Crippen LogP) is 3.89. The molecule has 0 bridgehead atoms. The van der Waals surface area contributed by atoms with Gasteiger partial charge in [0.2, 0.25) is 0 Å². The molecule has 1 aliphatic carbocycles. The van der Waals surface area contributed by atoms with E-state index in [0.29, 0.717) is 12.0 Å². The summed E-state index contributed by atoms with van der Waals surface area (Å²) < 4.78 is 2.48. The minimum absolute atomic E-state index is 0.577. The molecule has 0 aliphatic heterocycles. The number of hydrogen-bond donors (Lipinski definition) is 1. The molecule has 2 aromatic rings. The first-order valence-electron chi connectivity index (χ1n) is 7.46. The number of aromatic nitrogens is 1. The lowest BCUT2D eigenvalue weighted by atomic mass is 9.79. The lowest BCUT2D eigenvalue weighted by Crippen LogP contribution is -2.31. The van der Waals surface area contributed by atoms with Gasteiger partial charge < -0.3 is 10.3 Å². The van der Waals surface area contributed by atoms with E-state index in [1.54, 1.807) is 0 Å². The van der Waals surface area contributed by atoms with Crippen LogP contribution >= 0.6 is 0 Å². The highest BCUT2D eigenvalue weighted by atomic mass is 15.0. The molecular weight excluding hydrogens is 232 g/mol. The average Bonchev–Trinajstić information content (AvgIpc) is 2.81. The highest BCUT2D eigenvalue weighted by Gasteiger charge is 2.29. The molecule has 2 N–H and O–H groups in total. The minimum Gasteiger partial charge on any atom is -0.344 e. The number of nitrogens with zero attached hydrogens (tertiary/aromatic N) is 1. The zero-order valence-electron chi connectivity index (χ0n) is 12.0. The first-order valence-corrected chi connectivity index (χ1v) is 7.46. The van der Waals surface area contributed by atoms with E-state index >= 15 is 0 Å². The van der Waals surface area contributed by atoms with Crippen molar-refractivity contribution >= 4 is 10.9 Å². The van der Waals surface area contributed by atoms with Gasteiger partial charge >= 0.3 is 0 Å². The summed E-state index contributed by atoms with van der Waals surface area (Å²) in [6, 6.07) is 9.54. The van der Waals surface area contributed by atoms with E-state index < -0.39 is 0 Å². The second-order valence-corrected chi connectivity index (χ2v) is 6.27. The molecule has 3 rings (SSSR count). The van der Waals surface area contributed by atoms with Crippen LogP contribution in [-0.2, 0) is 0 Å². The molecule has 1 aliphatic rings. The third kappa shape index (κ3) is 2.30. The van der Waals surface area contributed by atoms with Crippen molar-refractivity contribution in [1.29, 1.82) is 0 Å². The molecule has 102 valence electrons. The van der Waals surface area contributed by atoms with E-state index in [4.69, 9.17) is 5.73 Å². The summed E-state index contributed by atoms with van der Waals surface area (Å²) in [5.41, 5.74) is 8.71. The Morgan fingerprint density at radius 1 is 1.26 bits per heavy atom. The summed E-state index contributed by atoms with van der Waals surface area (Å²) in [7, 11) is 0. The molecule has 1 aromatic heterocycles. The smallest absolute Gasteiger partial charge is 0.0485 e. The number of fused-ring (bicyclic) bond motifs is 1. The minimum atomic E-state index is 0.577. The number of rotatable bonds is 2. The maximum absolute atomic E-state index is 6.01. The highest BCUT2D eigenvalue weighted by molar-refractivity contribution is 5.81. The van der Waals surface area contributed by atoms with Crippen LogP contribution in [0.1, 0.15) is 37.8 Å². The van der Waals surface area contributed by atoms with Crippen molar-refractivity contribution < 1.29 is 0 Å². The van der Waals surface area contributed by atoms with E-state index in [-0.39, 0.29) is 0 Å². The van der Waals surface area contributed by atoms with Gasteiger partial charge in [0.05, 0.1) is 0 Å². The van der Waals surface area contributed by atoms with Crippen LogP contribution in [0.2, 0.25) is 0 Å². The van der Waals surface area contributed by atoms with Crippen LogP contribution in [0, 0.1) is 18.8 Å². The van der Waals surface area contributed by atoms with Crippen LogP contribution in [-0.4, -0.2) is 11.1 Å². The lowest BCUT2D eigenvalue weighted by molar-refractivity contribution is 0.202. The van der Waals surface area contributed by atoms with E-state index in [1.807, 2.05) is 0 Å². The van der Waals surface area contributed by atoms with Crippen molar-refractivity contribution in [3.05, 3.63) is 36.0 Å². The van der Waals surface area contributed by atoms with Crippen molar-refractivity contribution in [2.45, 2.75) is 39.2 Å². The first kappa shape index (κ1) is 12.7. The highest BCUT2D eigenvalue weighted by Crippen LogP contribution is 2.38. The third-order valence-electron chi connectivity index (χ3n) is 4.76. The van der Waals surface area contributed by atoms with Gasteiger partial charge in [0.25, 0.3) is 0 Å². The molecule has 1 fully saturated rings. The van der Waals surface area contributed by atoms with Gasteiger partial charge in [-0.15, -0.1) is 0 Å². The molecule has 1 aromatic carbocycles. The summed E-state index contributed by atoms with van der Waals surface area (Å²) >= 11 is 0. The first-order chi connectivity index (χ1) is 9.19. The summed E-state index contributed by atoms with van der Waals surface area (Å²) in [6.45, 7) is 5.35. The van der Waals surface area contributed by atoms with E-state index in [1.165, 1.54) is 35.7 Å². The Labute approximate surface area is 115 Å². The Bertz CT molecular complexity index is 570. The zero-order valence-corrected chi connectivity index (χ0v) is 12.0. The normalized spacial score (nSPS) is 27.8. The molecule has 3 unspecified atom stereocenters. The average molecular weight is 256 g/mol. The number of benzene rings is 1. The molecule has 0 amide bonds. The topological polar surface area (TPSA) is 30.9 Å². The van der Waals surface area contributed by atoms with Gasteiger partial charge in [-0.1, -0.05) is 25.5 Å². The van der Waals surface area contributed by atoms with Gasteiger partial charge in [0.15, 0.2) is 0 Å². The van der Waals surface area contributed by atoms with Crippen LogP contribution in [0.15, 0.2) is 30.5 Å². The SMILES string of the molecule is Cc1ccc2ccn(C3CC(C)CCC3CN)c2c1. The predicted molar refractivity (Wildman–Crippen MR) is 81.3 cm³/mol. The quantitative estimate of drug-likeness (QED) is 0.868. The standard InChI is InChI=1S/C17H24N2/c1-12-3-5-14-7-8-19(16(14)9-12)17-10-13(2)4-6-15(17)11-18/h3,5,7-9,13,15,17H,4,6,10-11,18H2,1-2H3. The molecule has 0 radical (unpaired) electrons. The molecule has 1 saturated carbocycles. The lowest BCUT2D eigenvalue weighted by Gasteiger charge is -2.35. The molecule has 2 heteroatoms. The maximum atomic E-state index is 6.01. The Morgan fingerprint density at radius 3 is 2.89 bits per heavy atom. The Hall–Kier alpha value is -1.28. The molecule has 1 heterocycles. The largest absolute Gasteiger partial charge is 0.344 e. The van der Waals surface area contributed by atoms with Crippen molar-refractivity contribution in [1.82, 2.24) is 4.57 Å². The van der Waals surface area contributed by atoms with Crippen molar-refractivity contribution in [3.63, 3.8) is 0 Å². The van der Waals surface area contributed by atoms with Crippen LogP contribution < -0.4 is 5.73 Å². The monoisotopic (exact) mass is 256 g/mol. The van der Waals surface area contributed by atoms with Crippen LogP contribution in [0.25, 0.3) is 10.9 Å². The number of hydrogen-bond acceptors (Lipinski definition) is 1. The molecule has 0 saturated heterocycles. The van der Waals surface area contributed by atoms with E-state index in [2.05, 4.69) is 48.9 Å². The van der Waals surface area contributed by atoms with Gasteiger partial charge in [0.1, 0.15) is 0 Å². The molecule has 2 nitrogen and oxygen atoms in total. The van der Waals surface area contributed by atoms with Gasteiger partial charge in [-0.25, -0.2) is 0 Å². The summed E-state index contributed by atoms with van der Waals surface area (Å²) in [4.78, 5) is 0. The van der Waals surface area contributed by atoms with Gasteiger partial charge in [-0.05, 0) is 61.2 Å². The number of nitrogens with two attached hydrogens (primary N) is 1. The second-order valence-electron chi connectivity index (χ2n) is 6.27. The van der Waals surface area contributed by atoms with E-state index in [9.17, 15) is 0 Å². The Kier molecular flexibility index (Phi) is 3.36. The van der Waals surface area contributed by atoms with E-state index in [0.717, 1.165) is 12.5 Å². The van der Waals surface area contributed by atoms with Crippen LogP contribution in [0.4, 0.5) is 0 Å². The second kappa shape index (κ2) is 5.01. The molecular formula is C17H24N2. The van der Waals surface area contributed by atoms with Crippen molar-refractivity contribution in [3.8, 4) is 0 Å². The van der Waals surface area contributed by atoms with Gasteiger partial charge in [-0.2, -0.15) is 0 Å². The van der Waals surface area contributed by atoms with Gasteiger partial charge in [-0.3, -0.25) is 0 Å². The summed E-state index contributed by atoms with van der Waals surface area (Å²) in [5.74, 6) is 1.45. The fourth-order valence-electron chi connectivity index (χ4n) is 3.58. The van der Waals surface area contributed by atoms with Crippen LogP contribution in [0.5, 0.6) is 0 Å². The van der Waals surface area contributed by atoms with Crippen LogP contribution in [0.3, 0.4) is 0 Å². The summed E-state index contributed by atoms with van der Waals surface area (Å²) in [5, 5.41) is 1.35. The molecule has 3 atom stereocenters. The third-order valence-corrected chi connectivity index (χ3v) is 4.76. The fraction of sp³-hybridized carbons (Fsp3) is 0.529. The van der Waals surface area contributed by atoms with Gasteiger partial charge in [0, 0.05) is 17.8 Å². The Morgan fingerprint density at radius 2 is 2.11 bits per heavy atom. The van der Waals surface area contributed by atoms with Crippen molar-refractivity contribution in [2.24, 2.45) is 17.6 Å². The molecule has 19 heavy (non-hydrogen) atoms. The summed E-state index contributed by atoms with van der Waals surface area (Å²) in [6.07, 6.45) is 6.12. The molecule has 0 spiro atoms. The maximum Gasteiger partial charge on any atom is 0.0485 e. The zero-order chi connectivity index (χ0) is 13.4.